The number of carbonyl (C=O) groups excluding carboxylic acids is 2. The second kappa shape index (κ2) is 7.21. The highest BCUT2D eigenvalue weighted by Crippen LogP contribution is 2.31. The zero-order valence-electron chi connectivity index (χ0n) is 12.9. The van der Waals surface area contributed by atoms with Crippen LogP contribution in [0.3, 0.4) is 0 Å². The Morgan fingerprint density at radius 2 is 1.95 bits per heavy atom. The molecule has 0 radical (unpaired) electrons. The van der Waals surface area contributed by atoms with Crippen LogP contribution in [0.1, 0.15) is 51.4 Å². The predicted molar refractivity (Wildman–Crippen MR) is 79.5 cm³/mol. The maximum atomic E-state index is 12.2. The van der Waals surface area contributed by atoms with E-state index in [0.717, 1.165) is 38.8 Å². The van der Waals surface area contributed by atoms with E-state index in [0.29, 0.717) is 18.2 Å². The van der Waals surface area contributed by atoms with Crippen LogP contribution >= 0.6 is 0 Å². The third-order valence-corrected chi connectivity index (χ3v) is 4.84. The lowest BCUT2D eigenvalue weighted by Crippen LogP contribution is -2.48. The smallest absolute Gasteiger partial charge is 0.223 e. The first-order valence-electron chi connectivity index (χ1n) is 8.06. The number of rotatable bonds is 4. The van der Waals surface area contributed by atoms with Gasteiger partial charge in [-0.2, -0.15) is 0 Å². The van der Waals surface area contributed by atoms with E-state index in [1.54, 1.807) is 19.0 Å². The van der Waals surface area contributed by atoms with E-state index in [1.165, 1.54) is 19.3 Å². The molecule has 4 nitrogen and oxygen atoms in total. The molecule has 1 aliphatic carbocycles. The van der Waals surface area contributed by atoms with E-state index < -0.39 is 0 Å². The first-order chi connectivity index (χ1) is 9.59. The lowest BCUT2D eigenvalue weighted by atomic mass is 9.79. The molecular formula is C16H28N2O2. The zero-order chi connectivity index (χ0) is 14.5. The van der Waals surface area contributed by atoms with E-state index in [-0.39, 0.29) is 11.8 Å². The molecule has 2 aliphatic rings. The average Bonchev–Trinajstić information content (AvgIpc) is 2.45. The highest BCUT2D eigenvalue weighted by atomic mass is 16.2. The number of nitrogens with zero attached hydrogens (tertiary/aromatic N) is 2. The first kappa shape index (κ1) is 15.5. The minimum Gasteiger partial charge on any atom is -0.349 e. The number of Topliss-reactive ketones (excluding diaryl/α,β-unsaturated/α-hetero) is 1. The molecule has 0 N–H and O–H groups in total. The van der Waals surface area contributed by atoms with Crippen LogP contribution in [0.2, 0.25) is 0 Å². The van der Waals surface area contributed by atoms with Crippen molar-refractivity contribution in [1.82, 2.24) is 9.80 Å². The largest absolute Gasteiger partial charge is 0.349 e. The Bertz CT molecular complexity index is 354. The van der Waals surface area contributed by atoms with Crippen LogP contribution in [-0.4, -0.2) is 54.7 Å². The Hall–Kier alpha value is -0.900. The molecule has 1 amide bonds. The topological polar surface area (TPSA) is 40.6 Å². The first-order valence-corrected chi connectivity index (χ1v) is 8.06. The van der Waals surface area contributed by atoms with Crippen LogP contribution in [0, 0.1) is 5.92 Å². The highest BCUT2D eigenvalue weighted by molar-refractivity contribution is 5.82. The predicted octanol–water partition coefficient (Wildman–Crippen LogP) is 2.08. The Labute approximate surface area is 122 Å². The molecule has 1 aliphatic heterocycles. The van der Waals surface area contributed by atoms with Gasteiger partial charge in [0, 0.05) is 45.4 Å². The van der Waals surface area contributed by atoms with Crippen LogP contribution in [0.15, 0.2) is 0 Å². The summed E-state index contributed by atoms with van der Waals surface area (Å²) in [5.41, 5.74) is 0. The SMILES string of the molecule is CN(C)C(=O)CCN1CCCCC1C1CCCCC1=O. The van der Waals surface area contributed by atoms with Crippen LogP contribution in [0.5, 0.6) is 0 Å². The van der Waals surface area contributed by atoms with Crippen molar-refractivity contribution in [2.75, 3.05) is 27.2 Å². The fourth-order valence-electron chi connectivity index (χ4n) is 3.63. The summed E-state index contributed by atoms with van der Waals surface area (Å²) in [5.74, 6) is 0.884. The average molecular weight is 280 g/mol. The molecule has 0 bridgehead atoms. The van der Waals surface area contributed by atoms with Gasteiger partial charge in [-0.3, -0.25) is 14.5 Å². The van der Waals surface area contributed by atoms with Gasteiger partial charge < -0.3 is 4.90 Å². The maximum Gasteiger partial charge on any atom is 0.223 e. The van der Waals surface area contributed by atoms with Gasteiger partial charge >= 0.3 is 0 Å². The lowest BCUT2D eigenvalue weighted by molar-refractivity contribution is -0.129. The van der Waals surface area contributed by atoms with Crippen molar-refractivity contribution in [1.29, 1.82) is 0 Å². The fourth-order valence-corrected chi connectivity index (χ4v) is 3.63. The molecule has 20 heavy (non-hydrogen) atoms. The van der Waals surface area contributed by atoms with E-state index in [1.807, 2.05) is 0 Å². The van der Waals surface area contributed by atoms with Crippen molar-refractivity contribution in [3.8, 4) is 0 Å². The summed E-state index contributed by atoms with van der Waals surface area (Å²) in [5, 5.41) is 0. The van der Waals surface area contributed by atoms with Crippen LogP contribution < -0.4 is 0 Å². The second-order valence-corrected chi connectivity index (χ2v) is 6.46. The Kier molecular flexibility index (Phi) is 5.58. The van der Waals surface area contributed by atoms with Gasteiger partial charge in [-0.05, 0) is 32.2 Å². The molecule has 0 aromatic carbocycles. The molecule has 1 saturated carbocycles. The quantitative estimate of drug-likeness (QED) is 0.791. The lowest BCUT2D eigenvalue weighted by Gasteiger charge is -2.41. The molecule has 2 rings (SSSR count). The van der Waals surface area contributed by atoms with Gasteiger partial charge in [-0.1, -0.05) is 12.8 Å². The Morgan fingerprint density at radius 1 is 1.20 bits per heavy atom. The molecule has 1 saturated heterocycles. The summed E-state index contributed by atoms with van der Waals surface area (Å²) in [6.07, 6.45) is 8.23. The van der Waals surface area contributed by atoms with Crippen molar-refractivity contribution < 1.29 is 9.59 Å². The van der Waals surface area contributed by atoms with E-state index >= 15 is 0 Å². The summed E-state index contributed by atoms with van der Waals surface area (Å²) in [6.45, 7) is 1.86. The minimum absolute atomic E-state index is 0.185. The van der Waals surface area contributed by atoms with Crippen LogP contribution in [-0.2, 0) is 9.59 Å². The minimum atomic E-state index is 0.185. The maximum absolute atomic E-state index is 12.2. The molecule has 114 valence electrons. The van der Waals surface area contributed by atoms with Crippen LogP contribution in [0.25, 0.3) is 0 Å². The van der Waals surface area contributed by atoms with Gasteiger partial charge in [-0.15, -0.1) is 0 Å². The molecule has 2 unspecified atom stereocenters. The van der Waals surface area contributed by atoms with Gasteiger partial charge in [0.25, 0.3) is 0 Å². The number of amides is 1. The van der Waals surface area contributed by atoms with Gasteiger partial charge in [0.05, 0.1) is 0 Å². The number of likely N-dealkylation sites (tertiary alicyclic amines) is 1. The fraction of sp³-hybridized carbons (Fsp3) is 0.875. The second-order valence-electron chi connectivity index (χ2n) is 6.46. The summed E-state index contributed by atoms with van der Waals surface area (Å²) in [6, 6.07) is 0.395. The molecule has 1 heterocycles. The van der Waals surface area contributed by atoms with Gasteiger partial charge in [0.2, 0.25) is 5.91 Å². The molecule has 0 spiro atoms. The van der Waals surface area contributed by atoms with Crippen molar-refractivity contribution in [2.24, 2.45) is 5.92 Å². The number of hydrogen-bond acceptors (Lipinski definition) is 3. The normalized spacial score (nSPS) is 28.4. The molecule has 2 atom stereocenters. The standard InChI is InChI=1S/C16H28N2O2/c1-17(2)16(20)10-12-18-11-6-5-8-14(18)13-7-3-4-9-15(13)19/h13-14H,3-12H2,1-2H3. The molecular weight excluding hydrogens is 252 g/mol. The van der Waals surface area contributed by atoms with E-state index in [9.17, 15) is 9.59 Å². The monoisotopic (exact) mass is 280 g/mol. The Balaban J connectivity index is 1.94. The summed E-state index contributed by atoms with van der Waals surface area (Å²) < 4.78 is 0. The summed E-state index contributed by atoms with van der Waals surface area (Å²) >= 11 is 0. The zero-order valence-corrected chi connectivity index (χ0v) is 12.9. The van der Waals surface area contributed by atoms with Crippen molar-refractivity contribution in [3.63, 3.8) is 0 Å². The molecule has 0 aromatic rings. The van der Waals surface area contributed by atoms with Crippen LogP contribution in [0.4, 0.5) is 0 Å². The molecule has 0 aromatic heterocycles. The number of hydrogen-bond donors (Lipinski definition) is 0. The highest BCUT2D eigenvalue weighted by Gasteiger charge is 2.35. The van der Waals surface area contributed by atoms with Crippen molar-refractivity contribution in [3.05, 3.63) is 0 Å². The molecule has 4 heteroatoms. The summed E-state index contributed by atoms with van der Waals surface area (Å²) in [4.78, 5) is 28.0. The summed E-state index contributed by atoms with van der Waals surface area (Å²) in [7, 11) is 3.61. The van der Waals surface area contributed by atoms with Gasteiger partial charge in [-0.25, -0.2) is 0 Å². The molecule has 2 fully saturated rings. The third kappa shape index (κ3) is 3.81. The van der Waals surface area contributed by atoms with Crippen molar-refractivity contribution in [2.45, 2.75) is 57.4 Å². The number of ketones is 1. The van der Waals surface area contributed by atoms with E-state index in [4.69, 9.17) is 0 Å². The number of carbonyl (C=O) groups is 2. The van der Waals surface area contributed by atoms with Gasteiger partial charge in [0.1, 0.15) is 5.78 Å². The Morgan fingerprint density at radius 3 is 2.65 bits per heavy atom. The van der Waals surface area contributed by atoms with Gasteiger partial charge in [0.15, 0.2) is 0 Å². The third-order valence-electron chi connectivity index (χ3n) is 4.84. The number of piperidine rings is 1. The van der Waals surface area contributed by atoms with E-state index in [2.05, 4.69) is 4.90 Å². The van der Waals surface area contributed by atoms with Crippen molar-refractivity contribution >= 4 is 11.7 Å².